The Morgan fingerprint density at radius 2 is 1.54 bits per heavy atom. The minimum atomic E-state index is 0.641. The SMILES string of the molecule is COCCn1cc(-c2ccc3c(N4CCN(c5ncc(Cc6ccccc6)cn5)CC4)cnn3c2)cn1. The summed E-state index contributed by atoms with van der Waals surface area (Å²) in [5.74, 6) is 0.798. The standard InChI is InChI=1S/C28H30N8O/c1-37-14-13-35-20-25(18-31-35)24-7-8-26-27(19-32-36(26)21-24)33-9-11-34(12-10-33)28-29-16-23(17-30-28)15-22-5-3-2-4-6-22/h2-8,16-21H,9-15H2,1H3. The van der Waals surface area contributed by atoms with Crippen molar-refractivity contribution < 1.29 is 4.74 Å². The van der Waals surface area contributed by atoms with Crippen LogP contribution >= 0.6 is 0 Å². The average molecular weight is 495 g/mol. The van der Waals surface area contributed by atoms with Gasteiger partial charge in [0.2, 0.25) is 5.95 Å². The van der Waals surface area contributed by atoms with Crippen molar-refractivity contribution >= 4 is 17.2 Å². The van der Waals surface area contributed by atoms with Gasteiger partial charge in [0.15, 0.2) is 0 Å². The summed E-state index contributed by atoms with van der Waals surface area (Å²) in [4.78, 5) is 14.0. The Hall–Kier alpha value is -4.24. The first kappa shape index (κ1) is 23.2. The molecule has 0 aliphatic carbocycles. The highest BCUT2D eigenvalue weighted by Crippen LogP contribution is 2.27. The summed E-state index contributed by atoms with van der Waals surface area (Å²) in [5.41, 5.74) is 6.81. The van der Waals surface area contributed by atoms with Gasteiger partial charge in [-0.3, -0.25) is 4.68 Å². The van der Waals surface area contributed by atoms with Crippen molar-refractivity contribution in [3.63, 3.8) is 0 Å². The lowest BCUT2D eigenvalue weighted by molar-refractivity contribution is 0.183. The van der Waals surface area contributed by atoms with Crippen LogP contribution in [0.1, 0.15) is 11.1 Å². The molecule has 0 spiro atoms. The Labute approximate surface area is 216 Å². The predicted molar refractivity (Wildman–Crippen MR) is 144 cm³/mol. The number of pyridine rings is 1. The van der Waals surface area contributed by atoms with Crippen LogP contribution in [0.4, 0.5) is 11.6 Å². The summed E-state index contributed by atoms with van der Waals surface area (Å²) in [5, 5.41) is 9.08. The molecule has 9 nitrogen and oxygen atoms in total. The van der Waals surface area contributed by atoms with E-state index in [1.54, 1.807) is 7.11 Å². The third-order valence-corrected chi connectivity index (χ3v) is 6.83. The van der Waals surface area contributed by atoms with Crippen molar-refractivity contribution in [3.8, 4) is 11.1 Å². The van der Waals surface area contributed by atoms with E-state index in [4.69, 9.17) is 4.74 Å². The number of piperazine rings is 1. The van der Waals surface area contributed by atoms with Crippen LogP contribution in [0.25, 0.3) is 16.6 Å². The Morgan fingerprint density at radius 1 is 0.757 bits per heavy atom. The number of aromatic nitrogens is 6. The van der Waals surface area contributed by atoms with Crippen LogP contribution in [0.5, 0.6) is 0 Å². The number of nitrogens with zero attached hydrogens (tertiary/aromatic N) is 8. The molecule has 0 radical (unpaired) electrons. The second-order valence-corrected chi connectivity index (χ2v) is 9.29. The highest BCUT2D eigenvalue weighted by atomic mass is 16.5. The first-order valence-corrected chi connectivity index (χ1v) is 12.6. The highest BCUT2D eigenvalue weighted by molar-refractivity contribution is 5.75. The maximum absolute atomic E-state index is 5.15. The van der Waals surface area contributed by atoms with E-state index in [1.165, 1.54) is 5.56 Å². The monoisotopic (exact) mass is 494 g/mol. The van der Waals surface area contributed by atoms with E-state index in [0.717, 1.165) is 73.0 Å². The van der Waals surface area contributed by atoms with Crippen LogP contribution in [0.2, 0.25) is 0 Å². The smallest absolute Gasteiger partial charge is 0.225 e. The average Bonchev–Trinajstić information content (AvgIpc) is 3.60. The van der Waals surface area contributed by atoms with Gasteiger partial charge in [0, 0.05) is 75.6 Å². The zero-order chi connectivity index (χ0) is 25.0. The van der Waals surface area contributed by atoms with Crippen molar-refractivity contribution in [2.75, 3.05) is 49.7 Å². The molecule has 4 aromatic heterocycles. The lowest BCUT2D eigenvalue weighted by atomic mass is 10.1. The molecular weight excluding hydrogens is 464 g/mol. The van der Waals surface area contributed by atoms with Gasteiger partial charge in [0.05, 0.1) is 36.7 Å². The molecule has 37 heavy (non-hydrogen) atoms. The minimum absolute atomic E-state index is 0.641. The summed E-state index contributed by atoms with van der Waals surface area (Å²) in [6.45, 7) is 4.90. The molecule has 0 atom stereocenters. The van der Waals surface area contributed by atoms with Gasteiger partial charge in [-0.15, -0.1) is 0 Å². The van der Waals surface area contributed by atoms with Gasteiger partial charge in [-0.25, -0.2) is 14.5 Å². The lowest BCUT2D eigenvalue weighted by Gasteiger charge is -2.35. The predicted octanol–water partition coefficient (Wildman–Crippen LogP) is 3.55. The molecule has 1 fully saturated rings. The molecule has 5 aromatic rings. The van der Waals surface area contributed by atoms with Crippen LogP contribution in [-0.2, 0) is 17.7 Å². The maximum atomic E-state index is 5.15. The van der Waals surface area contributed by atoms with Crippen LogP contribution in [0, 0.1) is 0 Å². The first-order chi connectivity index (χ1) is 18.3. The van der Waals surface area contributed by atoms with Crippen LogP contribution in [-0.4, -0.2) is 69.3 Å². The molecule has 6 rings (SSSR count). The molecule has 0 unspecified atom stereocenters. The molecule has 1 aromatic carbocycles. The van der Waals surface area contributed by atoms with Gasteiger partial charge in [-0.1, -0.05) is 36.4 Å². The fourth-order valence-corrected chi connectivity index (χ4v) is 4.79. The van der Waals surface area contributed by atoms with E-state index < -0.39 is 0 Å². The molecule has 1 aliphatic heterocycles. The van der Waals surface area contributed by atoms with Crippen LogP contribution in [0.3, 0.4) is 0 Å². The van der Waals surface area contributed by atoms with Crippen molar-refractivity contribution in [1.29, 1.82) is 0 Å². The van der Waals surface area contributed by atoms with Gasteiger partial charge in [-0.05, 0) is 17.2 Å². The third-order valence-electron chi connectivity index (χ3n) is 6.83. The number of anilines is 2. The molecular formula is C28H30N8O. The first-order valence-electron chi connectivity index (χ1n) is 12.6. The summed E-state index contributed by atoms with van der Waals surface area (Å²) in [6, 6.07) is 14.7. The van der Waals surface area contributed by atoms with E-state index in [-0.39, 0.29) is 0 Å². The molecule has 0 saturated carbocycles. The van der Waals surface area contributed by atoms with Crippen LogP contribution in [0.15, 0.2) is 79.6 Å². The zero-order valence-corrected chi connectivity index (χ0v) is 20.9. The lowest BCUT2D eigenvalue weighted by Crippen LogP contribution is -2.47. The number of fused-ring (bicyclic) bond motifs is 1. The van der Waals surface area contributed by atoms with E-state index in [0.29, 0.717) is 6.61 Å². The van der Waals surface area contributed by atoms with Crippen molar-refractivity contribution in [1.82, 2.24) is 29.4 Å². The van der Waals surface area contributed by atoms with Crippen LogP contribution < -0.4 is 9.80 Å². The molecule has 1 aliphatic rings. The van der Waals surface area contributed by atoms with Crippen molar-refractivity contribution in [2.24, 2.45) is 0 Å². The fraction of sp³-hybridized carbons (Fsp3) is 0.286. The minimum Gasteiger partial charge on any atom is -0.383 e. The quantitative estimate of drug-likeness (QED) is 0.327. The third kappa shape index (κ3) is 5.03. The molecule has 0 bridgehead atoms. The number of methoxy groups -OCH3 is 1. The molecule has 188 valence electrons. The molecule has 0 amide bonds. The Kier molecular flexibility index (Phi) is 6.51. The van der Waals surface area contributed by atoms with Crippen molar-refractivity contribution in [2.45, 2.75) is 13.0 Å². The normalized spacial score (nSPS) is 14.0. The fourth-order valence-electron chi connectivity index (χ4n) is 4.79. The second kappa shape index (κ2) is 10.4. The second-order valence-electron chi connectivity index (χ2n) is 9.29. The van der Waals surface area contributed by atoms with E-state index >= 15 is 0 Å². The molecule has 0 N–H and O–H groups in total. The maximum Gasteiger partial charge on any atom is 0.225 e. The largest absolute Gasteiger partial charge is 0.383 e. The zero-order valence-electron chi connectivity index (χ0n) is 20.9. The molecule has 9 heteroatoms. The summed E-state index contributed by atoms with van der Waals surface area (Å²) >= 11 is 0. The Bertz CT molecular complexity index is 1450. The van der Waals surface area contributed by atoms with E-state index in [9.17, 15) is 0 Å². The summed E-state index contributed by atoms with van der Waals surface area (Å²) < 4.78 is 9.00. The number of hydrogen-bond donors (Lipinski definition) is 0. The number of rotatable bonds is 8. The topological polar surface area (TPSA) is 76.6 Å². The summed E-state index contributed by atoms with van der Waals surface area (Å²) in [6.07, 6.45) is 12.7. The van der Waals surface area contributed by atoms with Gasteiger partial charge in [-0.2, -0.15) is 10.2 Å². The summed E-state index contributed by atoms with van der Waals surface area (Å²) in [7, 11) is 1.70. The molecule has 1 saturated heterocycles. The van der Waals surface area contributed by atoms with Gasteiger partial charge >= 0.3 is 0 Å². The van der Waals surface area contributed by atoms with Gasteiger partial charge < -0.3 is 14.5 Å². The Morgan fingerprint density at radius 3 is 2.32 bits per heavy atom. The Balaban J connectivity index is 1.10. The number of hydrogen-bond acceptors (Lipinski definition) is 7. The highest BCUT2D eigenvalue weighted by Gasteiger charge is 2.21. The molecule has 5 heterocycles. The number of benzene rings is 1. The van der Waals surface area contributed by atoms with Crippen molar-refractivity contribution in [3.05, 3.63) is 90.8 Å². The number of ether oxygens (including phenoxy) is 1. The van der Waals surface area contributed by atoms with Gasteiger partial charge in [0.1, 0.15) is 0 Å². The van der Waals surface area contributed by atoms with E-state index in [2.05, 4.69) is 72.6 Å². The van der Waals surface area contributed by atoms with E-state index in [1.807, 2.05) is 46.2 Å². The van der Waals surface area contributed by atoms with Gasteiger partial charge in [0.25, 0.3) is 0 Å².